The number of halogens is 1. The van der Waals surface area contributed by atoms with E-state index in [0.717, 1.165) is 0 Å². The van der Waals surface area contributed by atoms with Crippen LogP contribution in [-0.2, 0) is 4.79 Å². The molecule has 0 heterocycles. The summed E-state index contributed by atoms with van der Waals surface area (Å²) >= 11 is 5.82. The van der Waals surface area contributed by atoms with Gasteiger partial charge in [0.2, 0.25) is 5.91 Å². The minimum Gasteiger partial charge on any atom is -0.493 e. The summed E-state index contributed by atoms with van der Waals surface area (Å²) in [6.45, 7) is 3.86. The van der Waals surface area contributed by atoms with Gasteiger partial charge >= 0.3 is 0 Å². The van der Waals surface area contributed by atoms with E-state index in [1.165, 1.54) is 0 Å². The molecule has 0 aliphatic rings. The maximum atomic E-state index is 11.6. The fraction of sp³-hybridized carbons (Fsp3) is 0.500. The summed E-state index contributed by atoms with van der Waals surface area (Å²) in [5.74, 6) is 0.563. The zero-order chi connectivity index (χ0) is 14.3. The Morgan fingerprint density at radius 3 is 2.84 bits per heavy atom. The number of hydrogen-bond donors (Lipinski definition) is 2. The van der Waals surface area contributed by atoms with E-state index in [2.05, 4.69) is 5.32 Å². The van der Waals surface area contributed by atoms with Crippen LogP contribution < -0.4 is 10.1 Å². The average Bonchev–Trinajstić information content (AvgIpc) is 2.27. The number of benzene rings is 1. The number of amides is 1. The third kappa shape index (κ3) is 7.03. The van der Waals surface area contributed by atoms with E-state index in [0.29, 0.717) is 23.8 Å². The zero-order valence-electron chi connectivity index (χ0n) is 11.2. The lowest BCUT2D eigenvalue weighted by Crippen LogP contribution is -2.35. The topological polar surface area (TPSA) is 58.6 Å². The molecule has 5 heteroatoms. The van der Waals surface area contributed by atoms with E-state index < -0.39 is 6.10 Å². The van der Waals surface area contributed by atoms with Crippen molar-refractivity contribution in [2.24, 2.45) is 0 Å². The van der Waals surface area contributed by atoms with Crippen LogP contribution >= 0.6 is 11.6 Å². The van der Waals surface area contributed by atoms with Gasteiger partial charge < -0.3 is 15.2 Å². The van der Waals surface area contributed by atoms with Crippen LogP contribution in [0, 0.1) is 0 Å². The summed E-state index contributed by atoms with van der Waals surface area (Å²) in [7, 11) is 0. The lowest BCUT2D eigenvalue weighted by atomic mass is 10.1. The highest BCUT2D eigenvalue weighted by molar-refractivity contribution is 6.30. The Balaban J connectivity index is 2.23. The van der Waals surface area contributed by atoms with Crippen molar-refractivity contribution in [3.63, 3.8) is 0 Å². The van der Waals surface area contributed by atoms with Crippen molar-refractivity contribution in [3.05, 3.63) is 29.3 Å². The zero-order valence-corrected chi connectivity index (χ0v) is 12.0. The maximum Gasteiger partial charge on any atom is 0.223 e. The van der Waals surface area contributed by atoms with Crippen molar-refractivity contribution in [3.8, 4) is 5.75 Å². The van der Waals surface area contributed by atoms with Crippen LogP contribution in [0.25, 0.3) is 0 Å². The van der Waals surface area contributed by atoms with Crippen molar-refractivity contribution in [1.29, 1.82) is 0 Å². The molecule has 0 aromatic heterocycles. The lowest BCUT2D eigenvalue weighted by Gasteiger charge is -2.15. The first-order valence-corrected chi connectivity index (χ1v) is 6.71. The Kier molecular flexibility index (Phi) is 6.67. The van der Waals surface area contributed by atoms with Gasteiger partial charge in [-0.05, 0) is 38.5 Å². The number of carbonyl (C=O) groups excluding carboxylic acids is 1. The van der Waals surface area contributed by atoms with Gasteiger partial charge in [-0.15, -0.1) is 0 Å². The number of hydrogen-bond acceptors (Lipinski definition) is 3. The number of aliphatic hydroxyl groups is 1. The fourth-order valence-corrected chi connectivity index (χ4v) is 1.92. The van der Waals surface area contributed by atoms with Crippen LogP contribution in [0.1, 0.15) is 26.7 Å². The Bertz CT molecular complexity index is 409. The molecular weight excluding hydrogens is 266 g/mol. The van der Waals surface area contributed by atoms with Crippen molar-refractivity contribution < 1.29 is 14.6 Å². The maximum absolute atomic E-state index is 11.6. The third-order valence-electron chi connectivity index (χ3n) is 2.50. The van der Waals surface area contributed by atoms with E-state index in [-0.39, 0.29) is 18.4 Å². The molecule has 0 saturated heterocycles. The molecule has 1 amide bonds. The molecule has 2 atom stereocenters. The average molecular weight is 286 g/mol. The Labute approximate surface area is 118 Å². The van der Waals surface area contributed by atoms with Crippen LogP contribution in [0.2, 0.25) is 5.02 Å². The lowest BCUT2D eigenvalue weighted by molar-refractivity contribution is -0.122. The summed E-state index contributed by atoms with van der Waals surface area (Å²) < 4.78 is 5.43. The molecule has 2 unspecified atom stereocenters. The quantitative estimate of drug-likeness (QED) is 0.809. The van der Waals surface area contributed by atoms with E-state index in [1.54, 1.807) is 31.2 Å². The largest absolute Gasteiger partial charge is 0.493 e. The van der Waals surface area contributed by atoms with Gasteiger partial charge in [-0.1, -0.05) is 17.7 Å². The van der Waals surface area contributed by atoms with E-state index in [1.807, 2.05) is 6.92 Å². The van der Waals surface area contributed by atoms with E-state index in [9.17, 15) is 9.90 Å². The Morgan fingerprint density at radius 1 is 1.47 bits per heavy atom. The Morgan fingerprint density at radius 2 is 2.21 bits per heavy atom. The van der Waals surface area contributed by atoms with Gasteiger partial charge in [-0.2, -0.15) is 0 Å². The van der Waals surface area contributed by atoms with Gasteiger partial charge in [-0.3, -0.25) is 4.79 Å². The molecule has 19 heavy (non-hydrogen) atoms. The molecule has 0 fully saturated rings. The highest BCUT2D eigenvalue weighted by Gasteiger charge is 2.09. The SMILES string of the molecule is CC(O)CC(C)NC(=O)CCOc1cccc(Cl)c1. The summed E-state index contributed by atoms with van der Waals surface area (Å²) in [4.78, 5) is 11.6. The minimum atomic E-state index is -0.419. The van der Waals surface area contributed by atoms with Crippen molar-refractivity contribution in [2.45, 2.75) is 38.8 Å². The second kappa shape index (κ2) is 8.02. The van der Waals surface area contributed by atoms with Crippen LogP contribution in [0.15, 0.2) is 24.3 Å². The van der Waals surface area contributed by atoms with E-state index >= 15 is 0 Å². The molecule has 0 bridgehead atoms. The standard InChI is InChI=1S/C14H20ClNO3/c1-10(8-11(2)17)16-14(18)6-7-19-13-5-3-4-12(15)9-13/h3-5,9-11,17H,6-8H2,1-2H3,(H,16,18). The van der Waals surface area contributed by atoms with Gasteiger partial charge in [0.05, 0.1) is 19.1 Å². The van der Waals surface area contributed by atoms with Gasteiger partial charge in [0.1, 0.15) is 5.75 Å². The van der Waals surface area contributed by atoms with Crippen LogP contribution in [0.5, 0.6) is 5.75 Å². The van der Waals surface area contributed by atoms with Crippen LogP contribution in [0.3, 0.4) is 0 Å². The van der Waals surface area contributed by atoms with Gasteiger partial charge in [0.25, 0.3) is 0 Å². The van der Waals surface area contributed by atoms with Gasteiger partial charge in [0, 0.05) is 11.1 Å². The molecular formula is C14H20ClNO3. The minimum absolute atomic E-state index is 0.0429. The van der Waals surface area contributed by atoms with Crippen molar-refractivity contribution in [2.75, 3.05) is 6.61 Å². The summed E-state index contributed by atoms with van der Waals surface area (Å²) in [6.07, 6.45) is 0.399. The first-order valence-electron chi connectivity index (χ1n) is 6.33. The first kappa shape index (κ1) is 15.8. The summed E-state index contributed by atoms with van der Waals surface area (Å²) in [6, 6.07) is 7.01. The van der Waals surface area contributed by atoms with Crippen molar-refractivity contribution >= 4 is 17.5 Å². The predicted molar refractivity (Wildman–Crippen MR) is 75.5 cm³/mol. The molecule has 0 aliphatic carbocycles. The molecule has 0 radical (unpaired) electrons. The fourth-order valence-electron chi connectivity index (χ4n) is 1.74. The summed E-state index contributed by atoms with van der Waals surface area (Å²) in [5.41, 5.74) is 0. The van der Waals surface area contributed by atoms with Crippen molar-refractivity contribution in [1.82, 2.24) is 5.32 Å². The smallest absolute Gasteiger partial charge is 0.223 e. The molecule has 4 nitrogen and oxygen atoms in total. The normalized spacial score (nSPS) is 13.7. The molecule has 0 spiro atoms. The predicted octanol–water partition coefficient (Wildman–Crippen LogP) is 2.38. The number of aliphatic hydroxyl groups excluding tert-OH is 1. The van der Waals surface area contributed by atoms with Gasteiger partial charge in [-0.25, -0.2) is 0 Å². The van der Waals surface area contributed by atoms with E-state index in [4.69, 9.17) is 16.3 Å². The molecule has 0 saturated carbocycles. The molecule has 2 N–H and O–H groups in total. The number of ether oxygens (including phenoxy) is 1. The highest BCUT2D eigenvalue weighted by Crippen LogP contribution is 2.17. The Hall–Kier alpha value is -1.26. The monoisotopic (exact) mass is 285 g/mol. The number of rotatable bonds is 7. The molecule has 106 valence electrons. The molecule has 1 aromatic carbocycles. The first-order chi connectivity index (χ1) is 8.97. The molecule has 0 aliphatic heterocycles. The van der Waals surface area contributed by atoms with Gasteiger partial charge in [0.15, 0.2) is 0 Å². The highest BCUT2D eigenvalue weighted by atomic mass is 35.5. The second-order valence-electron chi connectivity index (χ2n) is 4.61. The van der Waals surface area contributed by atoms with Crippen LogP contribution in [0.4, 0.5) is 0 Å². The van der Waals surface area contributed by atoms with Crippen LogP contribution in [-0.4, -0.2) is 29.8 Å². The molecule has 1 aromatic rings. The number of carbonyl (C=O) groups is 1. The summed E-state index contributed by atoms with van der Waals surface area (Å²) in [5, 5.41) is 12.6. The molecule has 1 rings (SSSR count). The number of nitrogens with one attached hydrogen (secondary N) is 1. The second-order valence-corrected chi connectivity index (χ2v) is 5.05. The third-order valence-corrected chi connectivity index (χ3v) is 2.73.